The van der Waals surface area contributed by atoms with Crippen LogP contribution in [0.3, 0.4) is 0 Å². The van der Waals surface area contributed by atoms with E-state index in [1.807, 2.05) is 12.1 Å². The molecular formula is C34H33ClFN5O4S. The highest BCUT2D eigenvalue weighted by atomic mass is 35.5. The molecule has 3 heterocycles. The molecule has 3 aromatic carbocycles. The molecule has 0 radical (unpaired) electrons. The molecule has 46 heavy (non-hydrogen) atoms. The van der Waals surface area contributed by atoms with Gasteiger partial charge in [0.05, 0.1) is 45.8 Å². The second-order valence-corrected chi connectivity index (χ2v) is 13.7. The number of ether oxygens (including phenoxy) is 2. The van der Waals surface area contributed by atoms with Crippen LogP contribution in [0, 0.1) is 5.82 Å². The molecule has 0 fully saturated rings. The van der Waals surface area contributed by atoms with Gasteiger partial charge in [0.25, 0.3) is 0 Å². The Morgan fingerprint density at radius 3 is 2.65 bits per heavy atom. The fourth-order valence-corrected chi connectivity index (χ4v) is 7.10. The van der Waals surface area contributed by atoms with Crippen molar-refractivity contribution >= 4 is 33.5 Å². The van der Waals surface area contributed by atoms with Gasteiger partial charge in [0.1, 0.15) is 18.2 Å². The molecule has 0 bridgehead atoms. The number of nitrogens with one attached hydrogen (secondary N) is 2. The lowest BCUT2D eigenvalue weighted by Gasteiger charge is -2.35. The Morgan fingerprint density at radius 2 is 1.87 bits per heavy atom. The minimum Gasteiger partial charge on any atom is -0.489 e. The predicted molar refractivity (Wildman–Crippen MR) is 176 cm³/mol. The van der Waals surface area contributed by atoms with Gasteiger partial charge >= 0.3 is 0 Å². The van der Waals surface area contributed by atoms with Crippen LogP contribution in [-0.2, 0) is 32.4 Å². The Hall–Kier alpha value is -4.29. The third kappa shape index (κ3) is 6.50. The first-order valence-corrected chi connectivity index (χ1v) is 16.8. The van der Waals surface area contributed by atoms with Crippen LogP contribution in [-0.4, -0.2) is 38.6 Å². The lowest BCUT2D eigenvalue weighted by atomic mass is 9.85. The highest BCUT2D eigenvalue weighted by Gasteiger charge is 2.41. The number of fused-ring (bicyclic) bond motifs is 1. The van der Waals surface area contributed by atoms with Gasteiger partial charge in [-0.3, -0.25) is 10.7 Å². The van der Waals surface area contributed by atoms with Crippen molar-refractivity contribution in [3.63, 3.8) is 0 Å². The molecule has 0 aliphatic carbocycles. The molecule has 2 unspecified atom stereocenters. The third-order valence-corrected chi connectivity index (χ3v) is 10.1. The largest absolute Gasteiger partial charge is 0.489 e. The number of hydrogen-bond donors (Lipinski definition) is 3. The van der Waals surface area contributed by atoms with Gasteiger partial charge in [-0.1, -0.05) is 54.1 Å². The highest BCUT2D eigenvalue weighted by Crippen LogP contribution is 2.45. The number of benzene rings is 3. The van der Waals surface area contributed by atoms with Crippen LogP contribution in [0.5, 0.6) is 5.75 Å². The Bertz CT molecular complexity index is 1880. The van der Waals surface area contributed by atoms with Crippen LogP contribution in [0.4, 0.5) is 10.1 Å². The van der Waals surface area contributed by atoms with E-state index in [1.54, 1.807) is 73.1 Å². The standard InChI is InChI=1S/C34H33ClFN5O4S/c35-29-12-5-11-27(32(29)44-22-24-7-4-8-25(36)19-24)34(37)28-20-31(39-21-30(28)40-23-41-34)33(13-6-17-45-33)14-15-38-16-18-46(42,43)26-9-2-1-3-10-26/h1-12,17,19-21,23,38H,13-16,18,22,37H2,(H,40,41). The molecule has 238 valence electrons. The third-order valence-electron chi connectivity index (χ3n) is 8.11. The lowest BCUT2D eigenvalue weighted by Crippen LogP contribution is -2.41. The summed E-state index contributed by atoms with van der Waals surface area (Å²) < 4.78 is 51.5. The molecule has 0 saturated carbocycles. The second kappa shape index (κ2) is 13.2. The number of pyridine rings is 1. The minimum absolute atomic E-state index is 0.0250. The van der Waals surface area contributed by atoms with Crippen LogP contribution in [0.2, 0.25) is 5.02 Å². The van der Waals surface area contributed by atoms with E-state index in [0.717, 1.165) is 0 Å². The number of aromatic nitrogens is 1. The fraction of sp³-hybridized carbons (Fsp3) is 0.235. The summed E-state index contributed by atoms with van der Waals surface area (Å²) in [6.07, 6.45) is 7.88. The summed E-state index contributed by atoms with van der Waals surface area (Å²) >= 11 is 6.63. The van der Waals surface area contributed by atoms with Gasteiger partial charge in [-0.2, -0.15) is 0 Å². The molecule has 12 heteroatoms. The highest BCUT2D eigenvalue weighted by molar-refractivity contribution is 7.91. The van der Waals surface area contributed by atoms with Gasteiger partial charge in [-0.25, -0.2) is 17.8 Å². The van der Waals surface area contributed by atoms with Crippen molar-refractivity contribution in [1.82, 2.24) is 10.3 Å². The molecule has 4 aromatic rings. The van der Waals surface area contributed by atoms with Crippen LogP contribution >= 0.6 is 11.6 Å². The lowest BCUT2D eigenvalue weighted by molar-refractivity contribution is 0.0285. The topological polar surface area (TPSA) is 128 Å². The Kier molecular flexibility index (Phi) is 9.10. The van der Waals surface area contributed by atoms with Crippen molar-refractivity contribution in [2.24, 2.45) is 10.7 Å². The van der Waals surface area contributed by atoms with Crippen molar-refractivity contribution < 1.29 is 22.3 Å². The Balaban J connectivity index is 1.23. The van der Waals surface area contributed by atoms with Crippen LogP contribution in [0.15, 0.2) is 107 Å². The van der Waals surface area contributed by atoms with Crippen molar-refractivity contribution in [3.05, 3.63) is 131 Å². The molecule has 0 saturated heterocycles. The number of hydrogen-bond acceptors (Lipinski definition) is 9. The van der Waals surface area contributed by atoms with Gasteiger partial charge < -0.3 is 20.1 Å². The van der Waals surface area contributed by atoms with E-state index in [4.69, 9.17) is 31.8 Å². The second-order valence-electron chi connectivity index (χ2n) is 11.1. The van der Waals surface area contributed by atoms with Gasteiger partial charge in [0.15, 0.2) is 21.1 Å². The Labute approximate surface area is 272 Å². The normalized spacial score (nSPS) is 20.2. The van der Waals surface area contributed by atoms with Crippen molar-refractivity contribution in [3.8, 4) is 5.75 Å². The number of nitrogens with zero attached hydrogens (tertiary/aromatic N) is 2. The quantitative estimate of drug-likeness (QED) is 0.166. The SMILES string of the molecule is NC1(c2cccc(Cl)c2OCc2cccc(F)c2)N=CNc2cnc(C3(CCNCCS(=O)(=O)c4ccccc4)CC=CO3)cc21. The van der Waals surface area contributed by atoms with Crippen LogP contribution in [0.1, 0.15) is 35.2 Å². The first kappa shape index (κ1) is 31.7. The number of anilines is 1. The van der Waals surface area contributed by atoms with Crippen molar-refractivity contribution in [2.45, 2.75) is 35.6 Å². The molecule has 9 nitrogen and oxygen atoms in total. The average Bonchev–Trinajstić information content (AvgIpc) is 3.54. The number of sulfone groups is 1. The maximum absolute atomic E-state index is 13.8. The van der Waals surface area contributed by atoms with E-state index in [1.165, 1.54) is 18.5 Å². The average molecular weight is 662 g/mol. The number of nitrogens with two attached hydrogens (primary N) is 1. The summed E-state index contributed by atoms with van der Waals surface area (Å²) in [6.45, 7) is 0.848. The van der Waals surface area contributed by atoms with Gasteiger partial charge in [0, 0.05) is 30.5 Å². The zero-order chi connectivity index (χ0) is 32.2. The monoisotopic (exact) mass is 661 g/mol. The predicted octanol–water partition coefficient (Wildman–Crippen LogP) is 5.65. The zero-order valence-electron chi connectivity index (χ0n) is 24.8. The number of para-hydroxylation sites is 1. The van der Waals surface area contributed by atoms with E-state index < -0.39 is 21.1 Å². The summed E-state index contributed by atoms with van der Waals surface area (Å²) in [4.78, 5) is 9.71. The van der Waals surface area contributed by atoms with Crippen molar-refractivity contribution in [2.75, 3.05) is 24.2 Å². The molecule has 2 atom stereocenters. The molecule has 1 aromatic heterocycles. The van der Waals surface area contributed by atoms with E-state index in [2.05, 4.69) is 15.6 Å². The van der Waals surface area contributed by atoms with E-state index in [0.29, 0.717) is 63.1 Å². The number of rotatable bonds is 12. The van der Waals surface area contributed by atoms with Gasteiger partial charge in [0.2, 0.25) is 0 Å². The molecule has 6 rings (SSSR count). The summed E-state index contributed by atoms with van der Waals surface area (Å²) in [5.74, 6) is -0.0527. The molecule has 2 aliphatic rings. The molecule has 4 N–H and O–H groups in total. The minimum atomic E-state index is -3.39. The molecular weight excluding hydrogens is 629 g/mol. The fourth-order valence-electron chi connectivity index (χ4n) is 5.65. The van der Waals surface area contributed by atoms with E-state index in [9.17, 15) is 12.8 Å². The maximum Gasteiger partial charge on any atom is 0.179 e. The molecule has 0 amide bonds. The number of halogens is 2. The van der Waals surface area contributed by atoms with E-state index >= 15 is 0 Å². The summed E-state index contributed by atoms with van der Waals surface area (Å²) in [5.41, 5.74) is 7.99. The summed E-state index contributed by atoms with van der Waals surface area (Å²) in [7, 11) is -3.39. The number of aliphatic imine (C=N–C) groups is 1. The smallest absolute Gasteiger partial charge is 0.179 e. The van der Waals surface area contributed by atoms with Crippen LogP contribution < -0.4 is 21.1 Å². The molecule has 2 aliphatic heterocycles. The zero-order valence-corrected chi connectivity index (χ0v) is 26.4. The summed E-state index contributed by atoms with van der Waals surface area (Å²) in [6, 6.07) is 21.7. The van der Waals surface area contributed by atoms with Gasteiger partial charge in [-0.15, -0.1) is 0 Å². The van der Waals surface area contributed by atoms with Crippen molar-refractivity contribution in [1.29, 1.82) is 0 Å². The molecule has 0 spiro atoms. The summed E-state index contributed by atoms with van der Waals surface area (Å²) in [5, 5.41) is 6.72. The van der Waals surface area contributed by atoms with E-state index in [-0.39, 0.29) is 24.7 Å². The Morgan fingerprint density at radius 1 is 1.04 bits per heavy atom. The first-order valence-electron chi connectivity index (χ1n) is 14.8. The van der Waals surface area contributed by atoms with Crippen LogP contribution in [0.25, 0.3) is 0 Å². The maximum atomic E-state index is 13.8. The first-order chi connectivity index (χ1) is 22.2. The van der Waals surface area contributed by atoms with Gasteiger partial charge in [-0.05, 0) is 54.6 Å².